The minimum Gasteiger partial charge on any atom is -0.379 e. The first-order chi connectivity index (χ1) is 9.90. The molecule has 2 rings (SSSR count). The smallest absolute Gasteiger partial charge is 0.288 e. The Labute approximate surface area is 127 Å². The molecule has 0 saturated heterocycles. The van der Waals surface area contributed by atoms with Gasteiger partial charge in [0.2, 0.25) is 0 Å². The number of rotatable bonds is 5. The molecule has 0 unspecified atom stereocenters. The first-order valence-corrected chi connectivity index (χ1v) is 6.97. The molecular weight excluding hydrogens is 292 g/mol. The molecule has 0 atom stereocenters. The van der Waals surface area contributed by atoms with E-state index >= 15 is 0 Å². The van der Waals surface area contributed by atoms with Crippen molar-refractivity contribution >= 4 is 23.0 Å². The summed E-state index contributed by atoms with van der Waals surface area (Å²) in [7, 11) is 0. The van der Waals surface area contributed by atoms with Gasteiger partial charge >= 0.3 is 0 Å². The Morgan fingerprint density at radius 3 is 2.81 bits per heavy atom. The number of hydrogen-bond donors (Lipinski definition) is 1. The number of anilines is 1. The van der Waals surface area contributed by atoms with Crippen LogP contribution in [-0.4, -0.2) is 14.5 Å². The van der Waals surface area contributed by atoms with E-state index < -0.39 is 4.92 Å². The van der Waals surface area contributed by atoms with Crippen LogP contribution in [0, 0.1) is 17.0 Å². The Morgan fingerprint density at radius 1 is 1.48 bits per heavy atom. The van der Waals surface area contributed by atoms with Gasteiger partial charge in [0, 0.05) is 24.0 Å². The highest BCUT2D eigenvalue weighted by molar-refractivity contribution is 6.33. The van der Waals surface area contributed by atoms with E-state index in [-0.39, 0.29) is 10.7 Å². The second-order valence-corrected chi connectivity index (χ2v) is 5.52. The van der Waals surface area contributed by atoms with Crippen LogP contribution in [-0.2, 0) is 6.54 Å². The van der Waals surface area contributed by atoms with Gasteiger partial charge in [0.15, 0.2) is 0 Å². The molecule has 0 fully saturated rings. The molecule has 1 N–H and O–H groups in total. The van der Waals surface area contributed by atoms with E-state index in [0.29, 0.717) is 12.6 Å². The van der Waals surface area contributed by atoms with Crippen molar-refractivity contribution in [2.45, 2.75) is 33.4 Å². The summed E-state index contributed by atoms with van der Waals surface area (Å²) in [4.78, 5) is 14.5. The molecule has 0 aliphatic carbocycles. The Bertz CT molecular complexity index is 667. The van der Waals surface area contributed by atoms with Crippen molar-refractivity contribution < 1.29 is 4.92 Å². The van der Waals surface area contributed by atoms with Gasteiger partial charge in [0.05, 0.1) is 23.5 Å². The number of benzene rings is 1. The van der Waals surface area contributed by atoms with Gasteiger partial charge in [0.25, 0.3) is 5.69 Å². The predicted octanol–water partition coefficient (Wildman–Crippen LogP) is 3.95. The zero-order valence-corrected chi connectivity index (χ0v) is 12.9. The maximum atomic E-state index is 10.8. The van der Waals surface area contributed by atoms with Crippen molar-refractivity contribution in [3.63, 3.8) is 0 Å². The van der Waals surface area contributed by atoms with Crippen LogP contribution in [0.3, 0.4) is 0 Å². The molecule has 1 aromatic carbocycles. The van der Waals surface area contributed by atoms with Gasteiger partial charge in [-0.25, -0.2) is 4.98 Å². The van der Waals surface area contributed by atoms with Crippen molar-refractivity contribution in [1.29, 1.82) is 0 Å². The first kappa shape index (κ1) is 15.3. The molecule has 7 heteroatoms. The number of aromatic nitrogens is 2. The predicted molar refractivity (Wildman–Crippen MR) is 82.8 cm³/mol. The minimum atomic E-state index is -0.479. The van der Waals surface area contributed by atoms with E-state index in [1.54, 1.807) is 18.6 Å². The molecule has 2 aromatic rings. The van der Waals surface area contributed by atoms with Gasteiger partial charge in [-0.15, -0.1) is 0 Å². The fourth-order valence-electron chi connectivity index (χ4n) is 2.12. The van der Waals surface area contributed by atoms with E-state index in [2.05, 4.69) is 28.7 Å². The monoisotopic (exact) mass is 308 g/mol. The molecule has 0 saturated carbocycles. The van der Waals surface area contributed by atoms with Gasteiger partial charge in [0.1, 0.15) is 5.02 Å². The summed E-state index contributed by atoms with van der Waals surface area (Å²) in [5.41, 5.74) is 2.52. The molecule has 0 radical (unpaired) electrons. The summed E-state index contributed by atoms with van der Waals surface area (Å²) >= 11 is 5.94. The van der Waals surface area contributed by atoms with Crippen molar-refractivity contribution in [1.82, 2.24) is 9.55 Å². The van der Waals surface area contributed by atoms with Crippen molar-refractivity contribution in [2.24, 2.45) is 0 Å². The van der Waals surface area contributed by atoms with Crippen LogP contribution >= 0.6 is 11.6 Å². The molecule has 0 bridgehead atoms. The lowest BCUT2D eigenvalue weighted by atomic mass is 10.1. The zero-order chi connectivity index (χ0) is 15.6. The van der Waals surface area contributed by atoms with Gasteiger partial charge in [-0.1, -0.05) is 11.6 Å². The molecule has 0 amide bonds. The average Bonchev–Trinajstić information content (AvgIpc) is 2.87. The third-order valence-electron chi connectivity index (χ3n) is 3.25. The second kappa shape index (κ2) is 6.13. The minimum absolute atomic E-state index is 0.0769. The fourth-order valence-corrected chi connectivity index (χ4v) is 2.35. The highest BCUT2D eigenvalue weighted by Gasteiger charge is 2.15. The maximum absolute atomic E-state index is 10.8. The molecule has 21 heavy (non-hydrogen) atoms. The van der Waals surface area contributed by atoms with Crippen molar-refractivity contribution in [2.75, 3.05) is 5.32 Å². The molecule has 112 valence electrons. The van der Waals surface area contributed by atoms with E-state index in [4.69, 9.17) is 11.6 Å². The summed E-state index contributed by atoms with van der Waals surface area (Å²) in [5, 5.41) is 14.2. The van der Waals surface area contributed by atoms with Crippen molar-refractivity contribution in [3.8, 4) is 0 Å². The average molecular weight is 309 g/mol. The van der Waals surface area contributed by atoms with Gasteiger partial charge in [-0.05, 0) is 32.4 Å². The molecule has 1 heterocycles. The molecule has 6 nitrogen and oxygen atoms in total. The largest absolute Gasteiger partial charge is 0.379 e. The number of aryl methyl sites for hydroxylation is 1. The molecule has 0 aliphatic heterocycles. The number of halogens is 1. The Hall–Kier alpha value is -2.08. The number of nitrogens with zero attached hydrogens (tertiary/aromatic N) is 3. The highest BCUT2D eigenvalue weighted by atomic mass is 35.5. The van der Waals surface area contributed by atoms with E-state index in [9.17, 15) is 10.1 Å². The Morgan fingerprint density at radius 2 is 2.19 bits per heavy atom. The summed E-state index contributed by atoms with van der Waals surface area (Å²) < 4.78 is 2.06. The number of nitrogens with one attached hydrogen (secondary N) is 1. The fraction of sp³-hybridized carbons (Fsp3) is 0.357. The Balaban J connectivity index is 2.19. The topological polar surface area (TPSA) is 73.0 Å². The third-order valence-corrected chi connectivity index (χ3v) is 3.56. The van der Waals surface area contributed by atoms with Crippen LogP contribution in [0.4, 0.5) is 11.4 Å². The summed E-state index contributed by atoms with van der Waals surface area (Å²) in [6.45, 7) is 6.55. The molecular formula is C14H17ClN4O2. The van der Waals surface area contributed by atoms with Gasteiger partial charge < -0.3 is 9.88 Å². The summed E-state index contributed by atoms with van der Waals surface area (Å²) in [6.07, 6.45) is 3.59. The number of imidazole rings is 1. The van der Waals surface area contributed by atoms with Crippen LogP contribution in [0.2, 0.25) is 5.02 Å². The number of nitro groups is 1. The number of nitro benzene ring substituents is 1. The molecule has 0 aliphatic rings. The lowest BCUT2D eigenvalue weighted by Gasteiger charge is -2.14. The normalized spacial score (nSPS) is 10.9. The van der Waals surface area contributed by atoms with Crippen LogP contribution in [0.1, 0.15) is 31.1 Å². The number of hydrogen-bond acceptors (Lipinski definition) is 4. The van der Waals surface area contributed by atoms with Gasteiger partial charge in [-0.2, -0.15) is 0 Å². The van der Waals surface area contributed by atoms with E-state index in [1.165, 1.54) is 6.07 Å². The lowest BCUT2D eigenvalue weighted by molar-refractivity contribution is -0.384. The van der Waals surface area contributed by atoms with Crippen LogP contribution in [0.15, 0.2) is 24.7 Å². The maximum Gasteiger partial charge on any atom is 0.288 e. The van der Waals surface area contributed by atoms with Crippen LogP contribution in [0.5, 0.6) is 0 Å². The van der Waals surface area contributed by atoms with Gasteiger partial charge in [-0.3, -0.25) is 10.1 Å². The molecule has 0 spiro atoms. The van der Waals surface area contributed by atoms with Crippen LogP contribution < -0.4 is 5.32 Å². The van der Waals surface area contributed by atoms with E-state index in [0.717, 1.165) is 16.9 Å². The van der Waals surface area contributed by atoms with E-state index in [1.807, 2.05) is 6.92 Å². The lowest BCUT2D eigenvalue weighted by Crippen LogP contribution is -2.09. The molecule has 1 aromatic heterocycles. The third kappa shape index (κ3) is 3.33. The second-order valence-electron chi connectivity index (χ2n) is 5.12. The standard InChI is InChI=1S/C14H17ClN4O2/c1-9(2)18-8-16-6-11(18)7-17-13-5-12(15)14(19(20)21)4-10(13)3/h4-6,8-9,17H,7H2,1-3H3. The first-order valence-electron chi connectivity index (χ1n) is 6.59. The quantitative estimate of drug-likeness (QED) is 0.670. The Kier molecular flexibility index (Phi) is 4.47. The van der Waals surface area contributed by atoms with Crippen LogP contribution in [0.25, 0.3) is 0 Å². The van der Waals surface area contributed by atoms with Crippen molar-refractivity contribution in [3.05, 3.63) is 51.1 Å². The highest BCUT2D eigenvalue weighted by Crippen LogP contribution is 2.30. The summed E-state index contributed by atoms with van der Waals surface area (Å²) in [6, 6.07) is 3.39. The zero-order valence-electron chi connectivity index (χ0n) is 12.1. The SMILES string of the molecule is Cc1cc([N+](=O)[O-])c(Cl)cc1NCc1cncn1C(C)C. The summed E-state index contributed by atoms with van der Waals surface area (Å²) in [5.74, 6) is 0.